The lowest BCUT2D eigenvalue weighted by Gasteiger charge is -2.00. The Morgan fingerprint density at radius 3 is 3.00 bits per heavy atom. The summed E-state index contributed by atoms with van der Waals surface area (Å²) in [5.41, 5.74) is 9.13. The van der Waals surface area contributed by atoms with Crippen LogP contribution in [0.25, 0.3) is 16.5 Å². The topological polar surface area (TPSA) is 69.0 Å². The lowest BCUT2D eigenvalue weighted by molar-refractivity contribution is 0.275. The van der Waals surface area contributed by atoms with Crippen LogP contribution in [0.5, 0.6) is 0 Å². The van der Waals surface area contributed by atoms with Gasteiger partial charge in [-0.1, -0.05) is 23.3 Å². The van der Waals surface area contributed by atoms with Crippen molar-refractivity contribution in [1.82, 2.24) is 0 Å². The summed E-state index contributed by atoms with van der Waals surface area (Å²) < 4.78 is 13.0. The molecule has 0 aliphatic carbocycles. The molecule has 0 spiro atoms. The Balaban J connectivity index is 2.63. The van der Waals surface area contributed by atoms with Crippen LogP contribution in [-0.4, -0.2) is 11.7 Å². The monoisotopic (exact) mass is 221 g/mol. The molecule has 0 atom stereocenters. The van der Waals surface area contributed by atoms with Crippen LogP contribution < -0.4 is 0 Å². The highest BCUT2D eigenvalue weighted by molar-refractivity contribution is 5.50. The van der Waals surface area contributed by atoms with Crippen molar-refractivity contribution in [1.29, 1.82) is 0 Å². The Morgan fingerprint density at radius 2 is 2.31 bits per heavy atom. The number of rotatable bonds is 5. The first kappa shape index (κ1) is 12.2. The number of halogens is 1. The largest absolute Gasteiger partial charge is 0.392 e. The van der Waals surface area contributed by atoms with E-state index in [9.17, 15) is 4.39 Å². The minimum Gasteiger partial charge on any atom is -0.392 e. The Bertz CT molecular complexity index is 425. The van der Waals surface area contributed by atoms with Gasteiger partial charge in [0.25, 0.3) is 0 Å². The van der Waals surface area contributed by atoms with Gasteiger partial charge in [-0.2, -0.15) is 0 Å². The Morgan fingerprint density at radius 1 is 1.50 bits per heavy atom. The predicted molar refractivity (Wildman–Crippen MR) is 60.0 cm³/mol. The summed E-state index contributed by atoms with van der Waals surface area (Å²) >= 11 is 0. The van der Waals surface area contributed by atoms with Gasteiger partial charge in [-0.25, -0.2) is 4.39 Å². The van der Waals surface area contributed by atoms with Crippen molar-refractivity contribution in [3.8, 4) is 0 Å². The third kappa shape index (κ3) is 3.73. The van der Waals surface area contributed by atoms with E-state index in [-0.39, 0.29) is 12.2 Å². The summed E-state index contributed by atoms with van der Waals surface area (Å²) in [6.07, 6.45) is 4.27. The van der Waals surface area contributed by atoms with Crippen molar-refractivity contribution in [2.24, 2.45) is 5.11 Å². The maximum Gasteiger partial charge on any atom is 0.128 e. The quantitative estimate of drug-likeness (QED) is 0.353. The van der Waals surface area contributed by atoms with E-state index in [0.717, 1.165) is 5.56 Å². The van der Waals surface area contributed by atoms with Crippen molar-refractivity contribution in [2.75, 3.05) is 6.54 Å². The van der Waals surface area contributed by atoms with Crippen molar-refractivity contribution in [3.63, 3.8) is 0 Å². The third-order valence-corrected chi connectivity index (χ3v) is 2.01. The van der Waals surface area contributed by atoms with Crippen molar-refractivity contribution >= 4 is 6.08 Å². The molecule has 0 fully saturated rings. The molecular formula is C11H12FN3O. The first-order valence-corrected chi connectivity index (χ1v) is 4.84. The van der Waals surface area contributed by atoms with E-state index in [1.54, 1.807) is 18.2 Å². The van der Waals surface area contributed by atoms with Crippen LogP contribution in [0.2, 0.25) is 0 Å². The average molecular weight is 221 g/mol. The molecule has 1 aromatic rings. The average Bonchev–Trinajstić information content (AvgIpc) is 2.31. The standard InChI is InChI=1S/C11H12FN3O/c12-11-5-4-9(7-10(11)8-16)3-1-2-6-14-15-13/h1,3-5,7,16H,2,6,8H2. The molecule has 0 radical (unpaired) electrons. The first-order valence-electron chi connectivity index (χ1n) is 4.84. The number of azide groups is 1. The van der Waals surface area contributed by atoms with Gasteiger partial charge in [-0.05, 0) is 29.6 Å². The Labute approximate surface area is 92.7 Å². The van der Waals surface area contributed by atoms with Gasteiger partial charge in [0, 0.05) is 17.0 Å². The molecule has 0 saturated heterocycles. The fourth-order valence-corrected chi connectivity index (χ4v) is 1.22. The third-order valence-electron chi connectivity index (χ3n) is 2.01. The molecule has 0 aliphatic rings. The zero-order chi connectivity index (χ0) is 11.8. The number of aliphatic hydroxyl groups excluding tert-OH is 1. The molecule has 84 valence electrons. The minimum atomic E-state index is -0.409. The van der Waals surface area contributed by atoms with E-state index in [2.05, 4.69) is 10.0 Å². The maximum absolute atomic E-state index is 13.0. The summed E-state index contributed by atoms with van der Waals surface area (Å²) in [6.45, 7) is 0.0906. The first-order chi connectivity index (χ1) is 7.77. The lowest BCUT2D eigenvalue weighted by atomic mass is 10.1. The van der Waals surface area contributed by atoms with Gasteiger partial charge in [-0.15, -0.1) is 0 Å². The van der Waals surface area contributed by atoms with Crippen molar-refractivity contribution < 1.29 is 9.50 Å². The van der Waals surface area contributed by atoms with E-state index < -0.39 is 5.82 Å². The number of hydrogen-bond acceptors (Lipinski definition) is 2. The smallest absolute Gasteiger partial charge is 0.128 e. The number of aliphatic hydroxyl groups is 1. The van der Waals surface area contributed by atoms with Crippen LogP contribution in [0, 0.1) is 5.82 Å². The molecule has 1 aromatic carbocycles. The highest BCUT2D eigenvalue weighted by atomic mass is 19.1. The van der Waals surface area contributed by atoms with E-state index >= 15 is 0 Å². The molecule has 4 nitrogen and oxygen atoms in total. The summed E-state index contributed by atoms with van der Waals surface area (Å²) in [5, 5.41) is 12.2. The van der Waals surface area contributed by atoms with Gasteiger partial charge in [0.2, 0.25) is 0 Å². The molecule has 0 bridgehead atoms. The molecule has 5 heteroatoms. The molecular weight excluding hydrogens is 209 g/mol. The van der Waals surface area contributed by atoms with Gasteiger partial charge in [0.15, 0.2) is 0 Å². The highest BCUT2D eigenvalue weighted by Gasteiger charge is 1.99. The molecule has 0 aromatic heterocycles. The van der Waals surface area contributed by atoms with Gasteiger partial charge >= 0.3 is 0 Å². The Hall–Kier alpha value is -1.84. The summed E-state index contributed by atoms with van der Waals surface area (Å²) in [6, 6.07) is 4.52. The zero-order valence-electron chi connectivity index (χ0n) is 8.67. The van der Waals surface area contributed by atoms with Crippen LogP contribution in [-0.2, 0) is 6.61 Å². The van der Waals surface area contributed by atoms with Crippen molar-refractivity contribution in [2.45, 2.75) is 13.0 Å². The number of hydrogen-bond donors (Lipinski definition) is 1. The Kier molecular flexibility index (Phi) is 5.05. The molecule has 0 saturated carbocycles. The van der Waals surface area contributed by atoms with Crippen LogP contribution in [0.3, 0.4) is 0 Å². The second-order valence-corrected chi connectivity index (χ2v) is 3.15. The summed E-state index contributed by atoms with van der Waals surface area (Å²) in [7, 11) is 0. The zero-order valence-corrected chi connectivity index (χ0v) is 8.67. The minimum absolute atomic E-state index is 0.275. The molecule has 0 amide bonds. The SMILES string of the molecule is [N-]=[N+]=NCCC=Cc1ccc(F)c(CO)c1. The van der Waals surface area contributed by atoms with Crippen molar-refractivity contribution in [3.05, 3.63) is 51.7 Å². The van der Waals surface area contributed by atoms with Crippen LogP contribution >= 0.6 is 0 Å². The van der Waals surface area contributed by atoms with Crippen LogP contribution in [0.15, 0.2) is 29.4 Å². The van der Waals surface area contributed by atoms with Gasteiger partial charge in [0.1, 0.15) is 5.82 Å². The molecule has 16 heavy (non-hydrogen) atoms. The summed E-state index contributed by atoms with van der Waals surface area (Å²) in [5.74, 6) is -0.409. The second-order valence-electron chi connectivity index (χ2n) is 3.15. The normalized spacial score (nSPS) is 10.4. The van der Waals surface area contributed by atoms with Gasteiger partial charge < -0.3 is 5.11 Å². The molecule has 1 rings (SSSR count). The highest BCUT2D eigenvalue weighted by Crippen LogP contribution is 2.12. The lowest BCUT2D eigenvalue weighted by Crippen LogP contribution is -1.89. The number of nitrogens with zero attached hydrogens (tertiary/aromatic N) is 3. The summed E-state index contributed by atoms with van der Waals surface area (Å²) in [4.78, 5) is 2.63. The van der Waals surface area contributed by atoms with Crippen LogP contribution in [0.1, 0.15) is 17.5 Å². The van der Waals surface area contributed by atoms with E-state index in [4.69, 9.17) is 10.6 Å². The predicted octanol–water partition coefficient (Wildman–Crippen LogP) is 3.03. The van der Waals surface area contributed by atoms with Gasteiger partial charge in [-0.3, -0.25) is 0 Å². The fourth-order valence-electron chi connectivity index (χ4n) is 1.22. The fraction of sp³-hybridized carbons (Fsp3) is 0.273. The van der Waals surface area contributed by atoms with Gasteiger partial charge in [0.05, 0.1) is 6.61 Å². The maximum atomic E-state index is 13.0. The molecule has 0 heterocycles. The van der Waals surface area contributed by atoms with Crippen LogP contribution in [0.4, 0.5) is 4.39 Å². The van der Waals surface area contributed by atoms with E-state index in [0.29, 0.717) is 13.0 Å². The second kappa shape index (κ2) is 6.61. The van der Waals surface area contributed by atoms with E-state index in [1.165, 1.54) is 6.07 Å². The molecule has 0 unspecified atom stereocenters. The van der Waals surface area contributed by atoms with E-state index in [1.807, 2.05) is 6.08 Å². The molecule has 0 aliphatic heterocycles. The number of benzene rings is 1. The molecule has 1 N–H and O–H groups in total.